The lowest BCUT2D eigenvalue weighted by Crippen LogP contribution is -2.29. The second kappa shape index (κ2) is 7.25. The second-order valence-corrected chi connectivity index (χ2v) is 4.16. The number of anilines is 1. The first-order valence-corrected chi connectivity index (χ1v) is 6.19. The molecule has 4 nitrogen and oxygen atoms in total. The molecule has 0 fully saturated rings. The molecule has 0 radical (unpaired) electrons. The van der Waals surface area contributed by atoms with Gasteiger partial charge in [-0.1, -0.05) is 19.4 Å². The summed E-state index contributed by atoms with van der Waals surface area (Å²) in [6, 6.07) is 3.70. The fraction of sp³-hybridized carbons (Fsp3) is 0.615. The minimum absolute atomic E-state index is 0.0968. The van der Waals surface area contributed by atoms with Crippen LogP contribution in [0.3, 0.4) is 0 Å². The van der Waals surface area contributed by atoms with E-state index in [1.807, 2.05) is 17.0 Å². The van der Waals surface area contributed by atoms with Crippen molar-refractivity contribution < 1.29 is 10.2 Å². The lowest BCUT2D eigenvalue weighted by Gasteiger charge is -2.25. The van der Waals surface area contributed by atoms with Crippen LogP contribution in [0.4, 0.5) is 5.82 Å². The molecule has 0 aliphatic rings. The maximum absolute atomic E-state index is 9.72. The van der Waals surface area contributed by atoms with Gasteiger partial charge in [0.1, 0.15) is 5.82 Å². The molecule has 1 heterocycles. The van der Waals surface area contributed by atoms with Gasteiger partial charge in [-0.2, -0.15) is 0 Å². The van der Waals surface area contributed by atoms with Gasteiger partial charge in [0.05, 0.1) is 12.7 Å². The van der Waals surface area contributed by atoms with Gasteiger partial charge in [0.25, 0.3) is 0 Å². The quantitative estimate of drug-likeness (QED) is 0.759. The van der Waals surface area contributed by atoms with Crippen LogP contribution in [0.25, 0.3) is 0 Å². The molecule has 96 valence electrons. The molecule has 0 aliphatic carbocycles. The van der Waals surface area contributed by atoms with E-state index >= 15 is 0 Å². The Morgan fingerprint density at radius 3 is 2.76 bits per heavy atom. The van der Waals surface area contributed by atoms with Gasteiger partial charge in [-0.3, -0.25) is 0 Å². The number of aromatic nitrogens is 1. The Bertz CT molecular complexity index is 329. The normalized spacial score (nSPS) is 12.5. The molecule has 0 bridgehead atoms. The van der Waals surface area contributed by atoms with Gasteiger partial charge in [-0.25, -0.2) is 4.98 Å². The Hall–Kier alpha value is -1.13. The van der Waals surface area contributed by atoms with Gasteiger partial charge < -0.3 is 15.1 Å². The maximum atomic E-state index is 9.72. The van der Waals surface area contributed by atoms with Crippen molar-refractivity contribution in [2.24, 2.45) is 0 Å². The summed E-state index contributed by atoms with van der Waals surface area (Å²) in [5, 5.41) is 18.8. The molecule has 17 heavy (non-hydrogen) atoms. The Labute approximate surface area is 103 Å². The molecule has 1 rings (SSSR count). The summed E-state index contributed by atoms with van der Waals surface area (Å²) in [5.74, 6) is 0.782. The van der Waals surface area contributed by atoms with Crippen molar-refractivity contribution in [2.75, 3.05) is 24.6 Å². The topological polar surface area (TPSA) is 56.6 Å². The molecule has 0 aliphatic heterocycles. The van der Waals surface area contributed by atoms with Gasteiger partial charge in [0.2, 0.25) is 0 Å². The monoisotopic (exact) mass is 238 g/mol. The number of rotatable bonds is 7. The van der Waals surface area contributed by atoms with E-state index in [2.05, 4.69) is 11.9 Å². The highest BCUT2D eigenvalue weighted by molar-refractivity contribution is 5.47. The summed E-state index contributed by atoms with van der Waals surface area (Å²) in [5.41, 5.74) is 0.817. The maximum Gasteiger partial charge on any atom is 0.134 e. The van der Waals surface area contributed by atoms with Crippen LogP contribution in [0.15, 0.2) is 18.3 Å². The summed E-state index contributed by atoms with van der Waals surface area (Å²) in [6.45, 7) is 5.37. The molecule has 1 aromatic rings. The van der Waals surface area contributed by atoms with Crippen LogP contribution < -0.4 is 4.90 Å². The number of pyridine rings is 1. The standard InChI is InChI=1S/C13H22N2O2/c1-3-4-8-15(9-10-16)13-12(11(2)17)6-5-7-14-13/h5-7,11,16-17H,3-4,8-10H2,1-2H3/t11-/m0/s1. The molecular weight excluding hydrogens is 216 g/mol. The molecule has 4 heteroatoms. The molecule has 1 atom stereocenters. The molecule has 0 spiro atoms. The number of aliphatic hydroxyl groups excluding tert-OH is 2. The largest absolute Gasteiger partial charge is 0.395 e. The minimum Gasteiger partial charge on any atom is -0.395 e. The summed E-state index contributed by atoms with van der Waals surface area (Å²) in [7, 11) is 0. The van der Waals surface area contributed by atoms with E-state index in [-0.39, 0.29) is 6.61 Å². The van der Waals surface area contributed by atoms with E-state index in [1.165, 1.54) is 0 Å². The molecule has 0 amide bonds. The third-order valence-corrected chi connectivity index (χ3v) is 2.72. The van der Waals surface area contributed by atoms with Gasteiger partial charge in [-0.05, 0) is 19.4 Å². The SMILES string of the molecule is CCCCN(CCO)c1ncccc1[C@H](C)O. The van der Waals surface area contributed by atoms with E-state index in [0.717, 1.165) is 30.8 Å². The summed E-state index contributed by atoms with van der Waals surface area (Å²) < 4.78 is 0. The van der Waals surface area contributed by atoms with Crippen LogP contribution in [-0.2, 0) is 0 Å². The van der Waals surface area contributed by atoms with E-state index in [4.69, 9.17) is 5.11 Å². The third-order valence-electron chi connectivity index (χ3n) is 2.72. The first kappa shape index (κ1) is 13.9. The fourth-order valence-corrected chi connectivity index (χ4v) is 1.79. The van der Waals surface area contributed by atoms with Crippen molar-refractivity contribution in [1.29, 1.82) is 0 Å². The van der Waals surface area contributed by atoms with Crippen LogP contribution in [0.1, 0.15) is 38.4 Å². The van der Waals surface area contributed by atoms with Crippen LogP contribution in [0, 0.1) is 0 Å². The summed E-state index contributed by atoms with van der Waals surface area (Å²) in [4.78, 5) is 6.36. The van der Waals surface area contributed by atoms with E-state index in [0.29, 0.717) is 6.54 Å². The first-order valence-electron chi connectivity index (χ1n) is 6.19. The zero-order valence-corrected chi connectivity index (χ0v) is 10.6. The molecule has 0 unspecified atom stereocenters. The zero-order valence-electron chi connectivity index (χ0n) is 10.6. The number of unbranched alkanes of at least 4 members (excludes halogenated alkanes) is 1. The van der Waals surface area contributed by atoms with E-state index in [9.17, 15) is 5.11 Å². The molecule has 0 saturated carbocycles. The van der Waals surface area contributed by atoms with Gasteiger partial charge in [0, 0.05) is 24.8 Å². The second-order valence-electron chi connectivity index (χ2n) is 4.16. The number of hydrogen-bond donors (Lipinski definition) is 2. The Kier molecular flexibility index (Phi) is 5.94. The highest BCUT2D eigenvalue weighted by Gasteiger charge is 2.14. The molecular formula is C13H22N2O2. The van der Waals surface area contributed by atoms with Crippen molar-refractivity contribution in [3.8, 4) is 0 Å². The average Bonchev–Trinajstić information content (AvgIpc) is 2.34. The zero-order chi connectivity index (χ0) is 12.7. The van der Waals surface area contributed by atoms with Crippen molar-refractivity contribution in [3.05, 3.63) is 23.9 Å². The number of nitrogens with zero attached hydrogens (tertiary/aromatic N) is 2. The summed E-state index contributed by atoms with van der Waals surface area (Å²) in [6.07, 6.45) is 3.33. The van der Waals surface area contributed by atoms with Crippen molar-refractivity contribution >= 4 is 5.82 Å². The third kappa shape index (κ3) is 3.98. The highest BCUT2D eigenvalue weighted by Crippen LogP contribution is 2.23. The fourth-order valence-electron chi connectivity index (χ4n) is 1.79. The van der Waals surface area contributed by atoms with Gasteiger partial charge in [-0.15, -0.1) is 0 Å². The molecule has 2 N–H and O–H groups in total. The molecule has 0 saturated heterocycles. The van der Waals surface area contributed by atoms with Crippen molar-refractivity contribution in [1.82, 2.24) is 4.98 Å². The van der Waals surface area contributed by atoms with E-state index < -0.39 is 6.10 Å². The van der Waals surface area contributed by atoms with Crippen LogP contribution in [0.5, 0.6) is 0 Å². The van der Waals surface area contributed by atoms with Gasteiger partial charge in [0.15, 0.2) is 0 Å². The Morgan fingerprint density at radius 2 is 2.18 bits per heavy atom. The minimum atomic E-state index is -0.540. The summed E-state index contributed by atoms with van der Waals surface area (Å²) >= 11 is 0. The van der Waals surface area contributed by atoms with E-state index in [1.54, 1.807) is 13.1 Å². The van der Waals surface area contributed by atoms with Crippen LogP contribution in [0.2, 0.25) is 0 Å². The highest BCUT2D eigenvalue weighted by atomic mass is 16.3. The molecule has 1 aromatic heterocycles. The van der Waals surface area contributed by atoms with Gasteiger partial charge >= 0.3 is 0 Å². The number of hydrogen-bond acceptors (Lipinski definition) is 4. The van der Waals surface area contributed by atoms with Crippen molar-refractivity contribution in [2.45, 2.75) is 32.8 Å². The predicted molar refractivity (Wildman–Crippen MR) is 69.1 cm³/mol. The number of aliphatic hydroxyl groups is 2. The van der Waals surface area contributed by atoms with Crippen LogP contribution >= 0.6 is 0 Å². The first-order chi connectivity index (χ1) is 8.20. The van der Waals surface area contributed by atoms with Crippen LogP contribution in [-0.4, -0.2) is 34.9 Å². The van der Waals surface area contributed by atoms with Crippen molar-refractivity contribution in [3.63, 3.8) is 0 Å². The average molecular weight is 238 g/mol. The lowest BCUT2D eigenvalue weighted by atomic mass is 10.1. The molecule has 0 aromatic carbocycles. The lowest BCUT2D eigenvalue weighted by molar-refractivity contribution is 0.199. The Morgan fingerprint density at radius 1 is 1.41 bits per heavy atom. The Balaban J connectivity index is 2.91. The smallest absolute Gasteiger partial charge is 0.134 e. The predicted octanol–water partition coefficient (Wildman–Crippen LogP) is 1.73.